The fourth-order valence-corrected chi connectivity index (χ4v) is 0.295. The van der Waals surface area contributed by atoms with Crippen LogP contribution in [0.3, 0.4) is 0 Å². The van der Waals surface area contributed by atoms with E-state index < -0.39 is 0 Å². The van der Waals surface area contributed by atoms with Crippen molar-refractivity contribution in [3.8, 4) is 0 Å². The Labute approximate surface area is 41.3 Å². The molecular weight excluding hydrogens is 94.0 g/mol. The van der Waals surface area contributed by atoms with Crippen molar-refractivity contribution in [2.24, 2.45) is 0 Å². The lowest BCUT2D eigenvalue weighted by molar-refractivity contribution is 0.521. The lowest BCUT2D eigenvalue weighted by atomic mass is 10.8. The summed E-state index contributed by atoms with van der Waals surface area (Å²) in [7, 11) is 0. The molecule has 1 aromatic heterocycles. The molecule has 0 saturated carbocycles. The van der Waals surface area contributed by atoms with Crippen molar-refractivity contribution < 1.29 is 9.89 Å². The Morgan fingerprint density at radius 2 is 2.43 bits per heavy atom. The minimum absolute atomic E-state index is 0. The van der Waals surface area contributed by atoms with Crippen LogP contribution in [0.1, 0.15) is 5.89 Å². The maximum absolute atomic E-state index is 4.72. The standard InChI is InChI=1S/C4H5NO.H2O/c1-4-5-2-3-6-4;/h2-3H,1H3;1H2. The van der Waals surface area contributed by atoms with Crippen LogP contribution in [0.15, 0.2) is 16.9 Å². The van der Waals surface area contributed by atoms with Gasteiger partial charge in [-0.3, -0.25) is 0 Å². The SMILES string of the molecule is Cc1ncco1.O. The molecule has 7 heavy (non-hydrogen) atoms. The molecule has 0 radical (unpaired) electrons. The number of hydrogen-bond acceptors (Lipinski definition) is 2. The van der Waals surface area contributed by atoms with E-state index >= 15 is 0 Å². The number of aryl methyl sites for hydroxylation is 1. The molecule has 0 atom stereocenters. The minimum Gasteiger partial charge on any atom is -0.449 e. The maximum atomic E-state index is 4.72. The van der Waals surface area contributed by atoms with E-state index in [1.807, 2.05) is 0 Å². The quantitative estimate of drug-likeness (QED) is 0.467. The van der Waals surface area contributed by atoms with Gasteiger partial charge in [0, 0.05) is 6.92 Å². The number of rotatable bonds is 0. The fraction of sp³-hybridized carbons (Fsp3) is 0.250. The molecule has 0 saturated heterocycles. The van der Waals surface area contributed by atoms with Crippen LogP contribution < -0.4 is 0 Å². The van der Waals surface area contributed by atoms with Gasteiger partial charge >= 0.3 is 0 Å². The topological polar surface area (TPSA) is 57.5 Å². The summed E-state index contributed by atoms with van der Waals surface area (Å²) in [5, 5.41) is 0. The highest BCUT2D eigenvalue weighted by molar-refractivity contribution is 4.72. The van der Waals surface area contributed by atoms with E-state index in [-0.39, 0.29) is 5.48 Å². The predicted octanol–water partition coefficient (Wildman–Crippen LogP) is 0.158. The second-order valence-electron chi connectivity index (χ2n) is 1.05. The molecule has 1 rings (SSSR count). The third kappa shape index (κ3) is 1.36. The molecule has 0 aliphatic carbocycles. The first-order valence-corrected chi connectivity index (χ1v) is 1.75. The van der Waals surface area contributed by atoms with Gasteiger partial charge in [-0.15, -0.1) is 0 Å². The highest BCUT2D eigenvalue weighted by Gasteiger charge is 1.77. The molecule has 0 amide bonds. The van der Waals surface area contributed by atoms with Crippen LogP contribution in [0, 0.1) is 6.92 Å². The van der Waals surface area contributed by atoms with Crippen molar-refractivity contribution in [1.29, 1.82) is 0 Å². The first-order chi connectivity index (χ1) is 2.89. The van der Waals surface area contributed by atoms with Gasteiger partial charge in [-0.1, -0.05) is 0 Å². The molecule has 3 nitrogen and oxygen atoms in total. The number of nitrogens with zero attached hydrogens (tertiary/aromatic N) is 1. The van der Waals surface area contributed by atoms with Crippen molar-refractivity contribution in [3.05, 3.63) is 18.4 Å². The molecule has 0 aliphatic heterocycles. The highest BCUT2D eigenvalue weighted by atomic mass is 16.3. The van der Waals surface area contributed by atoms with E-state index in [2.05, 4.69) is 4.98 Å². The number of oxazole rings is 1. The molecule has 1 aromatic rings. The van der Waals surface area contributed by atoms with Gasteiger partial charge in [0.05, 0.1) is 6.20 Å². The zero-order valence-electron chi connectivity index (χ0n) is 4.01. The summed E-state index contributed by atoms with van der Waals surface area (Å²) in [5.74, 6) is 0.718. The summed E-state index contributed by atoms with van der Waals surface area (Å²) in [5.41, 5.74) is 0. The van der Waals surface area contributed by atoms with Crippen molar-refractivity contribution in [1.82, 2.24) is 4.98 Å². The van der Waals surface area contributed by atoms with Gasteiger partial charge in [0.15, 0.2) is 5.89 Å². The molecule has 0 unspecified atom stereocenters. The van der Waals surface area contributed by atoms with E-state index in [9.17, 15) is 0 Å². The van der Waals surface area contributed by atoms with Crippen LogP contribution in [0.5, 0.6) is 0 Å². The third-order valence-corrected chi connectivity index (χ3v) is 0.556. The molecular formula is C4H7NO2. The average Bonchev–Trinajstić information content (AvgIpc) is 1.86. The van der Waals surface area contributed by atoms with Gasteiger partial charge in [-0.2, -0.15) is 0 Å². The molecule has 1 heterocycles. The molecule has 0 aliphatic rings. The van der Waals surface area contributed by atoms with E-state index in [1.54, 1.807) is 19.4 Å². The first-order valence-electron chi connectivity index (χ1n) is 1.75. The minimum atomic E-state index is 0. The second kappa shape index (κ2) is 2.36. The van der Waals surface area contributed by atoms with Crippen LogP contribution in [0.2, 0.25) is 0 Å². The average molecular weight is 101 g/mol. The first kappa shape index (κ1) is 6.17. The van der Waals surface area contributed by atoms with Gasteiger partial charge < -0.3 is 9.89 Å². The summed E-state index contributed by atoms with van der Waals surface area (Å²) in [6.07, 6.45) is 3.17. The van der Waals surface area contributed by atoms with Crippen LogP contribution >= 0.6 is 0 Å². The van der Waals surface area contributed by atoms with Gasteiger partial charge in [-0.05, 0) is 0 Å². The lowest BCUT2D eigenvalue weighted by Gasteiger charge is -1.67. The highest BCUT2D eigenvalue weighted by Crippen LogP contribution is 1.86. The van der Waals surface area contributed by atoms with Crippen LogP contribution in [-0.4, -0.2) is 10.5 Å². The van der Waals surface area contributed by atoms with Crippen molar-refractivity contribution in [3.63, 3.8) is 0 Å². The van der Waals surface area contributed by atoms with E-state index in [4.69, 9.17) is 4.42 Å². The Bertz CT molecular complexity index is 113. The third-order valence-electron chi connectivity index (χ3n) is 0.556. The van der Waals surface area contributed by atoms with Crippen molar-refractivity contribution in [2.75, 3.05) is 0 Å². The molecule has 0 fully saturated rings. The zero-order chi connectivity index (χ0) is 4.41. The van der Waals surface area contributed by atoms with Crippen molar-refractivity contribution >= 4 is 0 Å². The summed E-state index contributed by atoms with van der Waals surface area (Å²) >= 11 is 0. The molecule has 0 aromatic carbocycles. The Balaban J connectivity index is 0.000000360. The van der Waals surface area contributed by atoms with Crippen LogP contribution in [-0.2, 0) is 0 Å². The summed E-state index contributed by atoms with van der Waals surface area (Å²) in [6.45, 7) is 1.81. The molecule has 2 N–H and O–H groups in total. The van der Waals surface area contributed by atoms with Crippen LogP contribution in [0.4, 0.5) is 0 Å². The summed E-state index contributed by atoms with van der Waals surface area (Å²) < 4.78 is 4.72. The molecule has 0 spiro atoms. The summed E-state index contributed by atoms with van der Waals surface area (Å²) in [6, 6.07) is 0. The Morgan fingerprint density at radius 1 is 1.71 bits per heavy atom. The molecule has 0 bridgehead atoms. The molecule has 40 valence electrons. The van der Waals surface area contributed by atoms with E-state index in [1.165, 1.54) is 0 Å². The second-order valence-corrected chi connectivity index (χ2v) is 1.05. The van der Waals surface area contributed by atoms with Gasteiger partial charge in [0.25, 0.3) is 0 Å². The van der Waals surface area contributed by atoms with Crippen LogP contribution in [0.25, 0.3) is 0 Å². The summed E-state index contributed by atoms with van der Waals surface area (Å²) in [4.78, 5) is 3.75. The normalized spacial score (nSPS) is 7.57. The monoisotopic (exact) mass is 101 g/mol. The maximum Gasteiger partial charge on any atom is 0.190 e. The number of aromatic nitrogens is 1. The largest absolute Gasteiger partial charge is 0.449 e. The predicted molar refractivity (Wildman–Crippen MR) is 24.9 cm³/mol. The Hall–Kier alpha value is -0.830. The zero-order valence-corrected chi connectivity index (χ0v) is 4.01. The smallest absolute Gasteiger partial charge is 0.190 e. The fourth-order valence-electron chi connectivity index (χ4n) is 0.295. The Morgan fingerprint density at radius 3 is 2.57 bits per heavy atom. The van der Waals surface area contributed by atoms with E-state index in [0.717, 1.165) is 5.89 Å². The van der Waals surface area contributed by atoms with Gasteiger partial charge in [0.1, 0.15) is 6.26 Å². The lowest BCUT2D eigenvalue weighted by Crippen LogP contribution is -1.59. The molecule has 3 heteroatoms. The Kier molecular flexibility index (Phi) is 2.08. The van der Waals surface area contributed by atoms with E-state index in [0.29, 0.717) is 0 Å². The number of hydrogen-bond donors (Lipinski definition) is 0. The van der Waals surface area contributed by atoms with Gasteiger partial charge in [-0.25, -0.2) is 4.98 Å². The van der Waals surface area contributed by atoms with Gasteiger partial charge in [0.2, 0.25) is 0 Å². The van der Waals surface area contributed by atoms with Crippen molar-refractivity contribution in [2.45, 2.75) is 6.92 Å².